The number of pyridine rings is 1. The van der Waals surface area contributed by atoms with Crippen molar-refractivity contribution < 1.29 is 0 Å². The Labute approximate surface area is 150 Å². The summed E-state index contributed by atoms with van der Waals surface area (Å²) in [4.78, 5) is 9.94. The molecular formula is C21H28N4. The average molecular weight is 336 g/mol. The van der Waals surface area contributed by atoms with Gasteiger partial charge in [-0.1, -0.05) is 26.8 Å². The van der Waals surface area contributed by atoms with Gasteiger partial charge in [-0.3, -0.25) is 0 Å². The van der Waals surface area contributed by atoms with Crippen LogP contribution in [-0.2, 0) is 13.5 Å². The van der Waals surface area contributed by atoms with Gasteiger partial charge >= 0.3 is 0 Å². The third kappa shape index (κ3) is 3.13. The molecule has 132 valence electrons. The van der Waals surface area contributed by atoms with Crippen LogP contribution in [0.3, 0.4) is 0 Å². The number of aliphatic imine (C=N–C) groups is 1. The van der Waals surface area contributed by atoms with Crippen LogP contribution in [0, 0.1) is 6.92 Å². The smallest absolute Gasteiger partial charge is 0.135 e. The first-order valence-electron chi connectivity index (χ1n) is 9.08. The van der Waals surface area contributed by atoms with E-state index in [0.29, 0.717) is 5.92 Å². The molecule has 1 aliphatic rings. The minimum absolute atomic E-state index is 0.404. The zero-order chi connectivity index (χ0) is 18.1. The highest BCUT2D eigenvalue weighted by molar-refractivity contribution is 6.16. The highest BCUT2D eigenvalue weighted by atomic mass is 15.0. The topological polar surface area (TPSA) is 42.2 Å². The molecule has 0 aliphatic carbocycles. The molecule has 0 aromatic carbocycles. The van der Waals surface area contributed by atoms with Crippen LogP contribution in [0.25, 0.3) is 0 Å². The number of hydrogen-bond donors (Lipinski definition) is 1. The van der Waals surface area contributed by atoms with Gasteiger partial charge in [0.1, 0.15) is 5.82 Å². The van der Waals surface area contributed by atoms with E-state index in [0.717, 1.165) is 41.3 Å². The normalized spacial score (nSPS) is 14.0. The van der Waals surface area contributed by atoms with Gasteiger partial charge in [-0.2, -0.15) is 0 Å². The molecular weight excluding hydrogens is 308 g/mol. The Bertz CT molecular complexity index is 853. The van der Waals surface area contributed by atoms with Crippen molar-refractivity contribution >= 4 is 17.2 Å². The largest absolute Gasteiger partial charge is 0.373 e. The lowest BCUT2D eigenvalue weighted by Crippen LogP contribution is -2.11. The minimum Gasteiger partial charge on any atom is -0.373 e. The molecule has 0 bridgehead atoms. The van der Waals surface area contributed by atoms with Crippen LogP contribution in [0.5, 0.6) is 0 Å². The van der Waals surface area contributed by atoms with Gasteiger partial charge in [0.2, 0.25) is 0 Å². The van der Waals surface area contributed by atoms with Gasteiger partial charge in [0.05, 0.1) is 11.4 Å². The van der Waals surface area contributed by atoms with E-state index in [2.05, 4.69) is 69.0 Å². The molecule has 2 aromatic heterocycles. The van der Waals surface area contributed by atoms with Gasteiger partial charge in [0.15, 0.2) is 0 Å². The van der Waals surface area contributed by atoms with E-state index in [4.69, 9.17) is 9.98 Å². The van der Waals surface area contributed by atoms with Crippen LogP contribution < -0.4 is 5.32 Å². The molecule has 0 saturated carbocycles. The highest BCUT2D eigenvalue weighted by Gasteiger charge is 2.21. The molecule has 0 fully saturated rings. The second-order valence-electron chi connectivity index (χ2n) is 7.00. The first kappa shape index (κ1) is 17.5. The van der Waals surface area contributed by atoms with E-state index >= 15 is 0 Å². The molecule has 2 aromatic rings. The number of allylic oxidation sites excluding steroid dienone is 2. The second kappa shape index (κ2) is 6.87. The van der Waals surface area contributed by atoms with Crippen molar-refractivity contribution in [3.8, 4) is 0 Å². The zero-order valence-electron chi connectivity index (χ0n) is 16.1. The molecule has 4 heteroatoms. The van der Waals surface area contributed by atoms with Crippen LogP contribution >= 0.6 is 0 Å². The van der Waals surface area contributed by atoms with Crippen LogP contribution in [-0.4, -0.2) is 22.3 Å². The lowest BCUT2D eigenvalue weighted by Gasteiger charge is -2.15. The molecule has 0 amide bonds. The maximum atomic E-state index is 5.11. The molecule has 3 rings (SSSR count). The lowest BCUT2D eigenvalue weighted by atomic mass is 9.98. The van der Waals surface area contributed by atoms with Crippen molar-refractivity contribution in [2.24, 2.45) is 12.0 Å². The Balaban J connectivity index is 2.20. The van der Waals surface area contributed by atoms with Gasteiger partial charge in [0.25, 0.3) is 0 Å². The fourth-order valence-electron chi connectivity index (χ4n) is 3.44. The lowest BCUT2D eigenvalue weighted by molar-refractivity contribution is 0.824. The molecule has 0 saturated heterocycles. The molecule has 0 spiro atoms. The highest BCUT2D eigenvalue weighted by Crippen LogP contribution is 2.33. The van der Waals surface area contributed by atoms with E-state index in [1.54, 1.807) is 0 Å². The summed E-state index contributed by atoms with van der Waals surface area (Å²) in [6, 6.07) is 4.29. The van der Waals surface area contributed by atoms with Crippen molar-refractivity contribution in [2.75, 3.05) is 12.4 Å². The average Bonchev–Trinajstić information content (AvgIpc) is 2.76. The van der Waals surface area contributed by atoms with Gasteiger partial charge in [-0.15, -0.1) is 0 Å². The number of hydrogen-bond acceptors (Lipinski definition) is 3. The van der Waals surface area contributed by atoms with Crippen molar-refractivity contribution in [1.29, 1.82) is 0 Å². The number of rotatable bonds is 4. The maximum Gasteiger partial charge on any atom is 0.135 e. The van der Waals surface area contributed by atoms with E-state index in [1.807, 2.05) is 7.05 Å². The number of fused-ring (bicyclic) bond motifs is 1. The van der Waals surface area contributed by atoms with E-state index < -0.39 is 0 Å². The zero-order valence-corrected chi connectivity index (χ0v) is 16.1. The number of nitrogens with one attached hydrogen (secondary N) is 1. The predicted octanol–water partition coefficient (Wildman–Crippen LogP) is 4.91. The summed E-state index contributed by atoms with van der Waals surface area (Å²) in [6.07, 6.45) is 6.36. The molecule has 4 nitrogen and oxygen atoms in total. The molecule has 3 heterocycles. The summed E-state index contributed by atoms with van der Waals surface area (Å²) in [5, 5.41) is 3.27. The van der Waals surface area contributed by atoms with Crippen LogP contribution in [0.15, 0.2) is 35.0 Å². The molecule has 0 unspecified atom stereocenters. The van der Waals surface area contributed by atoms with Crippen molar-refractivity contribution in [3.05, 3.63) is 52.5 Å². The standard InChI is InChI=1S/C21H28N4/c1-7-15-8-11-18-19(14(4)12-25(18)6)24-20(15)16-9-10-17(13(2)3)23-21(16)22-5/h8-10,12-13H,7,11H2,1-6H3,(H,22,23). The number of anilines is 1. The van der Waals surface area contributed by atoms with E-state index in [-0.39, 0.29) is 0 Å². The van der Waals surface area contributed by atoms with Gasteiger partial charge < -0.3 is 9.88 Å². The predicted molar refractivity (Wildman–Crippen MR) is 106 cm³/mol. The van der Waals surface area contributed by atoms with Crippen molar-refractivity contribution in [2.45, 2.75) is 46.5 Å². The third-order valence-electron chi connectivity index (χ3n) is 4.91. The molecule has 25 heavy (non-hydrogen) atoms. The number of aromatic nitrogens is 2. The first-order valence-corrected chi connectivity index (χ1v) is 9.08. The Morgan fingerprint density at radius 3 is 2.68 bits per heavy atom. The fraction of sp³-hybridized carbons (Fsp3) is 0.429. The summed E-state index contributed by atoms with van der Waals surface area (Å²) in [6.45, 7) is 8.67. The molecule has 0 radical (unpaired) electrons. The van der Waals surface area contributed by atoms with Crippen molar-refractivity contribution in [3.63, 3.8) is 0 Å². The van der Waals surface area contributed by atoms with E-state index in [9.17, 15) is 0 Å². The van der Waals surface area contributed by atoms with Gasteiger partial charge in [-0.05, 0) is 42.5 Å². The van der Waals surface area contributed by atoms with E-state index in [1.165, 1.54) is 16.8 Å². The van der Waals surface area contributed by atoms with Crippen LogP contribution in [0.2, 0.25) is 0 Å². The number of nitrogens with zero attached hydrogens (tertiary/aromatic N) is 3. The van der Waals surface area contributed by atoms with Crippen LogP contribution in [0.1, 0.15) is 55.6 Å². The Morgan fingerprint density at radius 1 is 1.28 bits per heavy atom. The minimum atomic E-state index is 0.404. The number of aryl methyl sites for hydroxylation is 2. The quantitative estimate of drug-likeness (QED) is 0.862. The fourth-order valence-corrected chi connectivity index (χ4v) is 3.44. The molecule has 1 N–H and O–H groups in total. The monoisotopic (exact) mass is 336 g/mol. The summed E-state index contributed by atoms with van der Waals surface area (Å²) in [5.74, 6) is 1.31. The summed E-state index contributed by atoms with van der Waals surface area (Å²) >= 11 is 0. The summed E-state index contributed by atoms with van der Waals surface area (Å²) in [5.41, 5.74) is 8.10. The Morgan fingerprint density at radius 2 is 2.04 bits per heavy atom. The molecule has 0 atom stereocenters. The van der Waals surface area contributed by atoms with Gasteiger partial charge in [0, 0.05) is 43.7 Å². The van der Waals surface area contributed by atoms with Crippen LogP contribution in [0.4, 0.5) is 11.5 Å². The van der Waals surface area contributed by atoms with Gasteiger partial charge in [-0.25, -0.2) is 9.98 Å². The first-order chi connectivity index (χ1) is 12.0. The molecule has 1 aliphatic heterocycles. The summed E-state index contributed by atoms with van der Waals surface area (Å²) in [7, 11) is 4.03. The third-order valence-corrected chi connectivity index (χ3v) is 4.91. The summed E-state index contributed by atoms with van der Waals surface area (Å²) < 4.78 is 2.19. The second-order valence-corrected chi connectivity index (χ2v) is 7.00. The Hall–Kier alpha value is -2.36. The SMILES string of the molecule is CCC1=CCc2c(c(C)cn2C)N=C1c1ccc(C(C)C)nc1NC. The van der Waals surface area contributed by atoms with Crippen molar-refractivity contribution in [1.82, 2.24) is 9.55 Å². The maximum absolute atomic E-state index is 5.11. The Kier molecular flexibility index (Phi) is 4.80.